The third-order valence-electron chi connectivity index (χ3n) is 4.91. The SMILES string of the molecule is CCCCCc1ccc(C(=O)CCC(=O)NC2CCNC(C)C2)cc1.Cl. The first-order valence-electron chi connectivity index (χ1n) is 9.73. The minimum absolute atomic E-state index is 0. The highest BCUT2D eigenvalue weighted by Gasteiger charge is 2.20. The van der Waals surface area contributed by atoms with Gasteiger partial charge in [-0.15, -0.1) is 12.4 Å². The number of hydrogen-bond acceptors (Lipinski definition) is 3. The van der Waals surface area contributed by atoms with Crippen LogP contribution in [0.3, 0.4) is 0 Å². The maximum absolute atomic E-state index is 12.3. The second-order valence-corrected chi connectivity index (χ2v) is 7.22. The van der Waals surface area contributed by atoms with Crippen molar-refractivity contribution >= 4 is 24.1 Å². The van der Waals surface area contributed by atoms with Crippen LogP contribution >= 0.6 is 12.4 Å². The molecule has 1 aliphatic heterocycles. The molecule has 1 amide bonds. The molecule has 1 saturated heterocycles. The predicted molar refractivity (Wildman–Crippen MR) is 109 cm³/mol. The van der Waals surface area contributed by atoms with Gasteiger partial charge in [0.2, 0.25) is 5.91 Å². The molecular weight excluding hydrogens is 348 g/mol. The fourth-order valence-corrected chi connectivity index (χ4v) is 3.37. The zero-order valence-electron chi connectivity index (χ0n) is 16.1. The van der Waals surface area contributed by atoms with Gasteiger partial charge < -0.3 is 10.6 Å². The molecule has 1 fully saturated rings. The van der Waals surface area contributed by atoms with E-state index in [1.165, 1.54) is 24.8 Å². The molecule has 26 heavy (non-hydrogen) atoms. The fraction of sp³-hybridized carbons (Fsp3) is 0.619. The van der Waals surface area contributed by atoms with Gasteiger partial charge >= 0.3 is 0 Å². The number of carbonyl (C=O) groups is 2. The van der Waals surface area contributed by atoms with E-state index in [4.69, 9.17) is 0 Å². The first-order valence-corrected chi connectivity index (χ1v) is 9.73. The summed E-state index contributed by atoms with van der Waals surface area (Å²) in [6.07, 6.45) is 7.19. The Labute approximate surface area is 163 Å². The Kier molecular flexibility index (Phi) is 10.5. The van der Waals surface area contributed by atoms with Crippen molar-refractivity contribution in [3.05, 3.63) is 35.4 Å². The van der Waals surface area contributed by atoms with Gasteiger partial charge in [0.05, 0.1) is 0 Å². The van der Waals surface area contributed by atoms with Crippen LogP contribution in [0.15, 0.2) is 24.3 Å². The molecule has 146 valence electrons. The molecule has 2 N–H and O–H groups in total. The van der Waals surface area contributed by atoms with E-state index >= 15 is 0 Å². The quantitative estimate of drug-likeness (QED) is 0.501. The molecule has 2 atom stereocenters. The van der Waals surface area contributed by atoms with Gasteiger partial charge in [-0.1, -0.05) is 44.0 Å². The minimum atomic E-state index is -0.0105. The van der Waals surface area contributed by atoms with Crippen LogP contribution in [0.1, 0.15) is 74.7 Å². The lowest BCUT2D eigenvalue weighted by Crippen LogP contribution is -2.46. The van der Waals surface area contributed by atoms with Crippen molar-refractivity contribution in [1.82, 2.24) is 10.6 Å². The summed E-state index contributed by atoms with van der Waals surface area (Å²) in [7, 11) is 0. The van der Waals surface area contributed by atoms with Gasteiger partial charge in [-0.3, -0.25) is 9.59 Å². The van der Waals surface area contributed by atoms with Gasteiger partial charge in [0, 0.05) is 30.5 Å². The Morgan fingerprint density at radius 1 is 1.15 bits per heavy atom. The zero-order chi connectivity index (χ0) is 18.1. The fourth-order valence-electron chi connectivity index (χ4n) is 3.37. The minimum Gasteiger partial charge on any atom is -0.353 e. The van der Waals surface area contributed by atoms with Gasteiger partial charge in [0.25, 0.3) is 0 Å². The van der Waals surface area contributed by atoms with E-state index in [0.29, 0.717) is 11.6 Å². The number of hydrogen-bond donors (Lipinski definition) is 2. The molecule has 0 radical (unpaired) electrons. The number of halogens is 1. The summed E-state index contributed by atoms with van der Waals surface area (Å²) in [4.78, 5) is 24.3. The Morgan fingerprint density at radius 2 is 1.88 bits per heavy atom. The first-order chi connectivity index (χ1) is 12.1. The van der Waals surface area contributed by atoms with Crippen LogP contribution in [0.2, 0.25) is 0 Å². The average Bonchev–Trinajstić information content (AvgIpc) is 2.60. The van der Waals surface area contributed by atoms with E-state index in [1.54, 1.807) is 0 Å². The highest BCUT2D eigenvalue weighted by molar-refractivity contribution is 5.98. The molecule has 0 saturated carbocycles. The molecule has 0 aliphatic carbocycles. The molecule has 1 aliphatic rings. The number of rotatable bonds is 9. The summed E-state index contributed by atoms with van der Waals surface area (Å²) in [6, 6.07) is 8.56. The monoisotopic (exact) mass is 380 g/mol. The number of nitrogens with one attached hydrogen (secondary N) is 2. The third kappa shape index (κ3) is 7.88. The molecule has 1 heterocycles. The Hall–Kier alpha value is -1.39. The zero-order valence-corrected chi connectivity index (χ0v) is 16.9. The van der Waals surface area contributed by atoms with Gasteiger partial charge in [-0.05, 0) is 44.7 Å². The molecule has 4 nitrogen and oxygen atoms in total. The largest absolute Gasteiger partial charge is 0.353 e. The summed E-state index contributed by atoms with van der Waals surface area (Å²) in [5, 5.41) is 6.43. The third-order valence-corrected chi connectivity index (χ3v) is 4.91. The van der Waals surface area contributed by atoms with E-state index in [0.717, 1.165) is 25.8 Å². The van der Waals surface area contributed by atoms with Crippen molar-refractivity contribution < 1.29 is 9.59 Å². The van der Waals surface area contributed by atoms with Crippen LogP contribution in [0.4, 0.5) is 0 Å². The number of ketones is 1. The molecular formula is C21H33ClN2O2. The van der Waals surface area contributed by atoms with E-state index in [2.05, 4.69) is 24.5 Å². The van der Waals surface area contributed by atoms with E-state index in [9.17, 15) is 9.59 Å². The summed E-state index contributed by atoms with van der Waals surface area (Å²) >= 11 is 0. The second kappa shape index (κ2) is 12.1. The molecule has 1 aromatic rings. The summed E-state index contributed by atoms with van der Waals surface area (Å²) in [5.41, 5.74) is 1.99. The number of benzene rings is 1. The van der Waals surface area contributed by atoms with Gasteiger partial charge in [0.1, 0.15) is 0 Å². The Bertz CT molecular complexity index is 560. The number of unbranched alkanes of at least 4 members (excludes halogenated alkanes) is 2. The lowest BCUT2D eigenvalue weighted by Gasteiger charge is -2.28. The predicted octanol–water partition coefficient (Wildman–Crippen LogP) is 4.06. The van der Waals surface area contributed by atoms with Gasteiger partial charge in [-0.25, -0.2) is 0 Å². The smallest absolute Gasteiger partial charge is 0.220 e. The van der Waals surface area contributed by atoms with Crippen LogP contribution < -0.4 is 10.6 Å². The van der Waals surface area contributed by atoms with Crippen molar-refractivity contribution in [3.63, 3.8) is 0 Å². The molecule has 1 aromatic carbocycles. The summed E-state index contributed by atoms with van der Waals surface area (Å²) in [6.45, 7) is 5.27. The normalized spacial score (nSPS) is 19.5. The number of Topliss-reactive ketones (excluding diaryl/α,β-unsaturated/α-hetero) is 1. The highest BCUT2D eigenvalue weighted by Crippen LogP contribution is 2.12. The molecule has 0 aromatic heterocycles. The van der Waals surface area contributed by atoms with Crippen molar-refractivity contribution in [2.75, 3.05) is 6.54 Å². The van der Waals surface area contributed by atoms with Crippen LogP contribution in [0, 0.1) is 0 Å². The van der Waals surface area contributed by atoms with E-state index in [-0.39, 0.29) is 43.0 Å². The standard InChI is InChI=1S/C21H32N2O2.ClH/c1-3-4-5-6-17-7-9-18(10-8-17)20(24)11-12-21(25)23-19-13-14-22-16(2)15-19;/h7-10,16,19,22H,3-6,11-15H2,1-2H3,(H,23,25);1H. The van der Waals surface area contributed by atoms with Crippen molar-refractivity contribution in [1.29, 1.82) is 0 Å². The maximum Gasteiger partial charge on any atom is 0.220 e. The molecule has 2 rings (SSSR count). The van der Waals surface area contributed by atoms with Gasteiger partial charge in [0.15, 0.2) is 5.78 Å². The van der Waals surface area contributed by atoms with Crippen LogP contribution in [0.25, 0.3) is 0 Å². The summed E-state index contributed by atoms with van der Waals surface area (Å²) in [5.74, 6) is 0.0394. The van der Waals surface area contributed by atoms with E-state index in [1.807, 2.05) is 24.3 Å². The molecule has 5 heteroatoms. The van der Waals surface area contributed by atoms with Crippen LogP contribution in [-0.4, -0.2) is 30.3 Å². The van der Waals surface area contributed by atoms with Crippen LogP contribution in [-0.2, 0) is 11.2 Å². The summed E-state index contributed by atoms with van der Waals surface area (Å²) < 4.78 is 0. The molecule has 2 unspecified atom stereocenters. The number of amides is 1. The second-order valence-electron chi connectivity index (χ2n) is 7.22. The Morgan fingerprint density at radius 3 is 2.54 bits per heavy atom. The van der Waals surface area contributed by atoms with E-state index < -0.39 is 0 Å². The van der Waals surface area contributed by atoms with Crippen molar-refractivity contribution in [2.24, 2.45) is 0 Å². The maximum atomic E-state index is 12.3. The number of piperidine rings is 1. The molecule has 0 bridgehead atoms. The highest BCUT2D eigenvalue weighted by atomic mass is 35.5. The van der Waals surface area contributed by atoms with Crippen molar-refractivity contribution in [3.8, 4) is 0 Å². The lowest BCUT2D eigenvalue weighted by molar-refractivity contribution is -0.122. The Balaban J connectivity index is 0.00000338. The van der Waals surface area contributed by atoms with Gasteiger partial charge in [-0.2, -0.15) is 0 Å². The topological polar surface area (TPSA) is 58.2 Å². The van der Waals surface area contributed by atoms with Crippen molar-refractivity contribution in [2.45, 2.75) is 77.3 Å². The lowest BCUT2D eigenvalue weighted by atomic mass is 9.99. The van der Waals surface area contributed by atoms with Crippen LogP contribution in [0.5, 0.6) is 0 Å². The molecule has 0 spiro atoms. The number of aryl methyl sites for hydroxylation is 1. The average molecular weight is 381 g/mol. The number of carbonyl (C=O) groups excluding carboxylic acids is 2. The first kappa shape index (κ1) is 22.7.